The Labute approximate surface area is 107 Å². The van der Waals surface area contributed by atoms with Crippen LogP contribution in [0.3, 0.4) is 0 Å². The van der Waals surface area contributed by atoms with Crippen molar-refractivity contribution in [1.29, 1.82) is 0 Å². The molecule has 1 atom stereocenters. The van der Waals surface area contributed by atoms with Crippen LogP contribution in [-0.2, 0) is 4.79 Å². The number of rotatable bonds is 3. The van der Waals surface area contributed by atoms with Gasteiger partial charge in [-0.05, 0) is 39.3 Å². The van der Waals surface area contributed by atoms with Gasteiger partial charge in [-0.2, -0.15) is 0 Å². The second-order valence-electron chi connectivity index (χ2n) is 5.11. The number of nitrogens with zero attached hydrogens (tertiary/aromatic N) is 1. The summed E-state index contributed by atoms with van der Waals surface area (Å²) in [4.78, 5) is 11.2. The van der Waals surface area contributed by atoms with Crippen LogP contribution in [0, 0.1) is 6.92 Å². The maximum absolute atomic E-state index is 11.2. The lowest BCUT2D eigenvalue weighted by molar-refractivity contribution is -0.138. The van der Waals surface area contributed by atoms with Crippen molar-refractivity contribution in [2.24, 2.45) is 0 Å². The molecule has 1 aromatic heterocycles. The Hall–Kier alpha value is -1.77. The highest BCUT2D eigenvalue weighted by atomic mass is 16.4. The molecule has 3 heteroatoms. The summed E-state index contributed by atoms with van der Waals surface area (Å²) >= 11 is 0. The minimum atomic E-state index is -0.780. The Bertz CT molecular complexity index is 596. The molecule has 0 saturated heterocycles. The van der Waals surface area contributed by atoms with E-state index >= 15 is 0 Å². The van der Waals surface area contributed by atoms with Crippen LogP contribution in [0.4, 0.5) is 0 Å². The topological polar surface area (TPSA) is 42.2 Å². The summed E-state index contributed by atoms with van der Waals surface area (Å²) in [6.45, 7) is 7.98. The highest BCUT2D eigenvalue weighted by molar-refractivity contribution is 5.87. The molecule has 2 aromatic rings. The molecule has 0 amide bonds. The van der Waals surface area contributed by atoms with Gasteiger partial charge in [-0.1, -0.05) is 18.2 Å². The van der Waals surface area contributed by atoms with Crippen molar-refractivity contribution in [3.8, 4) is 0 Å². The summed E-state index contributed by atoms with van der Waals surface area (Å²) < 4.78 is 2.14. The Balaban J connectivity index is 2.78. The third-order valence-electron chi connectivity index (χ3n) is 3.42. The van der Waals surface area contributed by atoms with Gasteiger partial charge in [-0.25, -0.2) is 0 Å². The van der Waals surface area contributed by atoms with Gasteiger partial charge in [-0.15, -0.1) is 0 Å². The molecule has 0 spiro atoms. The van der Waals surface area contributed by atoms with Crippen LogP contribution in [0.1, 0.15) is 44.0 Å². The Kier molecular flexibility index (Phi) is 3.16. The number of hydrogen-bond acceptors (Lipinski definition) is 1. The van der Waals surface area contributed by atoms with E-state index in [1.807, 2.05) is 18.2 Å². The van der Waals surface area contributed by atoms with Crippen molar-refractivity contribution in [3.63, 3.8) is 0 Å². The van der Waals surface area contributed by atoms with E-state index in [2.05, 4.69) is 31.4 Å². The number of aromatic nitrogens is 1. The normalized spacial score (nSPS) is 13.2. The van der Waals surface area contributed by atoms with Gasteiger partial charge in [0.1, 0.15) is 0 Å². The first-order chi connectivity index (χ1) is 8.43. The smallest absolute Gasteiger partial charge is 0.312 e. The molecule has 1 heterocycles. The number of aliphatic carboxylic acids is 1. The number of carbonyl (C=O) groups is 1. The highest BCUT2D eigenvalue weighted by Gasteiger charge is 2.22. The van der Waals surface area contributed by atoms with Gasteiger partial charge in [0.25, 0.3) is 0 Å². The average Bonchev–Trinajstić information content (AvgIpc) is 2.68. The van der Waals surface area contributed by atoms with Gasteiger partial charge >= 0.3 is 5.97 Å². The third kappa shape index (κ3) is 1.90. The first-order valence-electron chi connectivity index (χ1n) is 6.26. The van der Waals surface area contributed by atoms with E-state index in [4.69, 9.17) is 0 Å². The molecular weight excluding hydrogens is 226 g/mol. The average molecular weight is 245 g/mol. The number of hydrogen-bond donors (Lipinski definition) is 1. The summed E-state index contributed by atoms with van der Waals surface area (Å²) in [5, 5.41) is 10.3. The van der Waals surface area contributed by atoms with Gasteiger partial charge in [0.15, 0.2) is 0 Å². The lowest BCUT2D eigenvalue weighted by Gasteiger charge is -2.18. The SMILES string of the molecule is Cc1cccc2cc(C(C)C(=O)O)n(C(C)C)c12. The fraction of sp³-hybridized carbons (Fsp3) is 0.400. The quantitative estimate of drug-likeness (QED) is 0.895. The Morgan fingerprint density at radius 3 is 2.50 bits per heavy atom. The number of benzene rings is 1. The van der Waals surface area contributed by atoms with E-state index in [-0.39, 0.29) is 6.04 Å². The van der Waals surface area contributed by atoms with Gasteiger partial charge in [-0.3, -0.25) is 4.79 Å². The summed E-state index contributed by atoms with van der Waals surface area (Å²) in [6, 6.07) is 8.37. The highest BCUT2D eigenvalue weighted by Crippen LogP contribution is 2.31. The molecule has 18 heavy (non-hydrogen) atoms. The lowest BCUT2D eigenvalue weighted by atomic mass is 10.1. The largest absolute Gasteiger partial charge is 0.481 e. The molecule has 1 N–H and O–H groups in total. The van der Waals surface area contributed by atoms with Crippen LogP contribution in [0.5, 0.6) is 0 Å². The number of carboxylic acids is 1. The van der Waals surface area contributed by atoms with E-state index in [9.17, 15) is 9.90 Å². The molecular formula is C15H19NO2. The first-order valence-corrected chi connectivity index (χ1v) is 6.26. The predicted molar refractivity (Wildman–Crippen MR) is 73.1 cm³/mol. The lowest BCUT2D eigenvalue weighted by Crippen LogP contribution is -2.14. The standard InChI is InChI=1S/C15H19NO2/c1-9(2)16-13(11(4)15(17)18)8-12-7-5-6-10(3)14(12)16/h5-9,11H,1-4H3,(H,17,18). The molecule has 96 valence electrons. The van der Waals surface area contributed by atoms with Crippen LogP contribution >= 0.6 is 0 Å². The fourth-order valence-electron chi connectivity index (χ4n) is 2.50. The molecule has 0 aliphatic heterocycles. The van der Waals surface area contributed by atoms with Crippen molar-refractivity contribution < 1.29 is 9.90 Å². The molecule has 0 saturated carbocycles. The van der Waals surface area contributed by atoms with Gasteiger partial charge in [0.05, 0.1) is 11.4 Å². The molecule has 2 rings (SSSR count). The molecule has 1 aromatic carbocycles. The summed E-state index contributed by atoms with van der Waals surface area (Å²) in [5.41, 5.74) is 3.21. The van der Waals surface area contributed by atoms with E-state index < -0.39 is 11.9 Å². The zero-order valence-electron chi connectivity index (χ0n) is 11.3. The fourth-order valence-corrected chi connectivity index (χ4v) is 2.50. The number of para-hydroxylation sites is 1. The molecule has 0 fully saturated rings. The maximum Gasteiger partial charge on any atom is 0.312 e. The predicted octanol–water partition coefficient (Wildman–Crippen LogP) is 3.72. The van der Waals surface area contributed by atoms with Crippen LogP contribution in [0.2, 0.25) is 0 Å². The Morgan fingerprint density at radius 2 is 1.94 bits per heavy atom. The van der Waals surface area contributed by atoms with E-state index in [1.165, 1.54) is 5.56 Å². The molecule has 0 aliphatic rings. The van der Waals surface area contributed by atoms with Crippen molar-refractivity contribution >= 4 is 16.9 Å². The van der Waals surface area contributed by atoms with Crippen molar-refractivity contribution in [1.82, 2.24) is 4.57 Å². The van der Waals surface area contributed by atoms with Crippen LogP contribution < -0.4 is 0 Å². The summed E-state index contributed by atoms with van der Waals surface area (Å²) in [6.07, 6.45) is 0. The number of aryl methyl sites for hydroxylation is 1. The molecule has 0 aliphatic carbocycles. The molecule has 0 radical (unpaired) electrons. The Morgan fingerprint density at radius 1 is 1.28 bits per heavy atom. The maximum atomic E-state index is 11.2. The first kappa shape index (κ1) is 12.7. The molecule has 1 unspecified atom stereocenters. The van der Waals surface area contributed by atoms with Crippen molar-refractivity contribution in [2.75, 3.05) is 0 Å². The molecule has 0 bridgehead atoms. The third-order valence-corrected chi connectivity index (χ3v) is 3.42. The zero-order valence-corrected chi connectivity index (χ0v) is 11.3. The minimum Gasteiger partial charge on any atom is -0.481 e. The van der Waals surface area contributed by atoms with Gasteiger partial charge in [0.2, 0.25) is 0 Å². The molecule has 3 nitrogen and oxygen atoms in total. The van der Waals surface area contributed by atoms with Crippen LogP contribution in [0.15, 0.2) is 24.3 Å². The number of fused-ring (bicyclic) bond motifs is 1. The summed E-state index contributed by atoms with van der Waals surface area (Å²) in [5.74, 6) is -1.27. The second kappa shape index (κ2) is 4.48. The van der Waals surface area contributed by atoms with Crippen molar-refractivity contribution in [3.05, 3.63) is 35.5 Å². The van der Waals surface area contributed by atoms with Gasteiger partial charge < -0.3 is 9.67 Å². The van der Waals surface area contributed by atoms with E-state index in [0.717, 1.165) is 16.6 Å². The monoisotopic (exact) mass is 245 g/mol. The van der Waals surface area contributed by atoms with Crippen LogP contribution in [0.25, 0.3) is 10.9 Å². The van der Waals surface area contributed by atoms with E-state index in [1.54, 1.807) is 6.92 Å². The van der Waals surface area contributed by atoms with E-state index in [0.29, 0.717) is 0 Å². The number of carboxylic acid groups (broad SMARTS) is 1. The van der Waals surface area contributed by atoms with Crippen molar-refractivity contribution in [2.45, 2.75) is 39.7 Å². The second-order valence-corrected chi connectivity index (χ2v) is 5.11. The minimum absolute atomic E-state index is 0.250. The van der Waals surface area contributed by atoms with Crippen LogP contribution in [-0.4, -0.2) is 15.6 Å². The summed E-state index contributed by atoms with van der Waals surface area (Å²) in [7, 11) is 0. The van der Waals surface area contributed by atoms with Gasteiger partial charge in [0, 0.05) is 17.1 Å². The zero-order chi connectivity index (χ0) is 13.4.